The Labute approximate surface area is 199 Å². The van der Waals surface area contributed by atoms with Gasteiger partial charge in [-0.3, -0.25) is 9.89 Å². The fraction of sp³-hybridized carbons (Fsp3) is 0.409. The monoisotopic (exact) mass is 536 g/mol. The number of nitrogens with zero attached hydrogens (tertiary/aromatic N) is 5. The number of piperazine rings is 1. The Morgan fingerprint density at radius 2 is 1.84 bits per heavy atom. The van der Waals surface area contributed by atoms with Gasteiger partial charge in [-0.25, -0.2) is 4.98 Å². The van der Waals surface area contributed by atoms with Gasteiger partial charge in [-0.15, -0.1) is 24.0 Å². The molecule has 3 heterocycles. The molecular formula is C22H29IN6O2. The summed E-state index contributed by atoms with van der Waals surface area (Å²) in [6.45, 7) is 9.09. The summed E-state index contributed by atoms with van der Waals surface area (Å²) < 4.78 is 10.8. The smallest absolute Gasteiger partial charge is 0.226 e. The molecule has 2 aromatic heterocycles. The summed E-state index contributed by atoms with van der Waals surface area (Å²) >= 11 is 0. The van der Waals surface area contributed by atoms with Crippen LogP contribution in [0.5, 0.6) is 0 Å². The third kappa shape index (κ3) is 6.07. The number of aliphatic imine (C=N–C) groups is 1. The zero-order chi connectivity index (χ0) is 20.9. The first kappa shape index (κ1) is 23.3. The SMILES string of the molecule is CN=C(NCc1coc(-c2ccc(C)cc2)n1)N1CCN(Cc2cc(C)on2)CC1.I. The largest absolute Gasteiger partial charge is 0.444 e. The zero-order valence-electron chi connectivity index (χ0n) is 18.2. The molecular weight excluding hydrogens is 507 g/mol. The van der Waals surface area contributed by atoms with Crippen LogP contribution in [0.15, 0.2) is 50.5 Å². The highest BCUT2D eigenvalue weighted by atomic mass is 127. The van der Waals surface area contributed by atoms with Gasteiger partial charge in [0.25, 0.3) is 0 Å². The van der Waals surface area contributed by atoms with Crippen molar-refractivity contribution < 1.29 is 8.94 Å². The molecule has 1 aliphatic rings. The van der Waals surface area contributed by atoms with Crippen molar-refractivity contribution in [1.29, 1.82) is 0 Å². The highest BCUT2D eigenvalue weighted by Crippen LogP contribution is 2.19. The van der Waals surface area contributed by atoms with E-state index in [1.54, 1.807) is 6.26 Å². The molecule has 1 aromatic carbocycles. The fourth-order valence-corrected chi connectivity index (χ4v) is 3.56. The molecule has 9 heteroatoms. The van der Waals surface area contributed by atoms with E-state index < -0.39 is 0 Å². The number of aryl methyl sites for hydroxylation is 2. The van der Waals surface area contributed by atoms with Crippen LogP contribution in [-0.2, 0) is 13.1 Å². The number of hydrogen-bond acceptors (Lipinski definition) is 6. The molecule has 1 fully saturated rings. The number of rotatable bonds is 5. The van der Waals surface area contributed by atoms with Crippen molar-refractivity contribution in [3.63, 3.8) is 0 Å². The molecule has 31 heavy (non-hydrogen) atoms. The molecule has 8 nitrogen and oxygen atoms in total. The van der Waals surface area contributed by atoms with Crippen LogP contribution in [0.3, 0.4) is 0 Å². The Hall–Kier alpha value is -2.40. The second kappa shape index (κ2) is 10.8. The van der Waals surface area contributed by atoms with Crippen molar-refractivity contribution >= 4 is 29.9 Å². The van der Waals surface area contributed by atoms with Crippen LogP contribution in [0.25, 0.3) is 11.5 Å². The average molecular weight is 536 g/mol. The normalized spacial score (nSPS) is 15.1. The van der Waals surface area contributed by atoms with Crippen molar-refractivity contribution in [2.75, 3.05) is 33.2 Å². The molecule has 0 radical (unpaired) electrons. The average Bonchev–Trinajstić information content (AvgIpc) is 3.39. The summed E-state index contributed by atoms with van der Waals surface area (Å²) in [5.41, 5.74) is 4.03. The summed E-state index contributed by atoms with van der Waals surface area (Å²) in [6, 6.07) is 10.2. The maximum absolute atomic E-state index is 5.65. The van der Waals surface area contributed by atoms with Crippen molar-refractivity contribution in [2.24, 2.45) is 4.99 Å². The second-order valence-electron chi connectivity index (χ2n) is 7.60. The summed E-state index contributed by atoms with van der Waals surface area (Å²) in [6.07, 6.45) is 1.70. The van der Waals surface area contributed by atoms with Gasteiger partial charge < -0.3 is 19.2 Å². The van der Waals surface area contributed by atoms with E-state index in [4.69, 9.17) is 8.94 Å². The van der Waals surface area contributed by atoms with E-state index in [1.165, 1.54) is 5.56 Å². The predicted molar refractivity (Wildman–Crippen MR) is 130 cm³/mol. The minimum atomic E-state index is 0. The Bertz CT molecular complexity index is 990. The first-order valence-corrected chi connectivity index (χ1v) is 10.2. The predicted octanol–water partition coefficient (Wildman–Crippen LogP) is 3.46. The molecule has 166 valence electrons. The van der Waals surface area contributed by atoms with E-state index >= 15 is 0 Å². The van der Waals surface area contributed by atoms with E-state index in [2.05, 4.69) is 49.3 Å². The molecule has 0 atom stereocenters. The third-order valence-electron chi connectivity index (χ3n) is 5.22. The summed E-state index contributed by atoms with van der Waals surface area (Å²) in [4.78, 5) is 13.7. The van der Waals surface area contributed by atoms with Crippen LogP contribution in [0.4, 0.5) is 0 Å². The molecule has 0 bridgehead atoms. The minimum Gasteiger partial charge on any atom is -0.444 e. The van der Waals surface area contributed by atoms with Crippen molar-refractivity contribution in [1.82, 2.24) is 25.3 Å². The third-order valence-corrected chi connectivity index (χ3v) is 5.22. The Morgan fingerprint density at radius 3 is 2.48 bits per heavy atom. The maximum Gasteiger partial charge on any atom is 0.226 e. The van der Waals surface area contributed by atoms with Crippen LogP contribution in [0.2, 0.25) is 0 Å². The zero-order valence-corrected chi connectivity index (χ0v) is 20.5. The molecule has 1 aliphatic heterocycles. The second-order valence-corrected chi connectivity index (χ2v) is 7.60. The lowest BCUT2D eigenvalue weighted by Gasteiger charge is -2.36. The van der Waals surface area contributed by atoms with E-state index in [-0.39, 0.29) is 24.0 Å². The first-order chi connectivity index (χ1) is 14.6. The molecule has 3 aromatic rings. The maximum atomic E-state index is 5.65. The van der Waals surface area contributed by atoms with Crippen LogP contribution in [0.1, 0.15) is 22.7 Å². The van der Waals surface area contributed by atoms with Crippen LogP contribution < -0.4 is 5.32 Å². The molecule has 0 aliphatic carbocycles. The van der Waals surface area contributed by atoms with Crippen molar-refractivity contribution in [3.8, 4) is 11.5 Å². The van der Waals surface area contributed by atoms with Crippen molar-refractivity contribution in [3.05, 3.63) is 59.3 Å². The Kier molecular flexibility index (Phi) is 8.08. The minimum absolute atomic E-state index is 0. The summed E-state index contributed by atoms with van der Waals surface area (Å²) in [5.74, 6) is 2.37. The lowest BCUT2D eigenvalue weighted by molar-refractivity contribution is 0.169. The summed E-state index contributed by atoms with van der Waals surface area (Å²) in [7, 11) is 1.81. The molecule has 1 saturated heterocycles. The highest BCUT2D eigenvalue weighted by molar-refractivity contribution is 14.0. The number of halogens is 1. The van der Waals surface area contributed by atoms with Gasteiger partial charge in [0.1, 0.15) is 12.0 Å². The van der Waals surface area contributed by atoms with Gasteiger partial charge >= 0.3 is 0 Å². The van der Waals surface area contributed by atoms with Gasteiger partial charge in [0.05, 0.1) is 17.9 Å². The van der Waals surface area contributed by atoms with E-state index in [0.29, 0.717) is 12.4 Å². The molecule has 0 amide bonds. The van der Waals surface area contributed by atoms with Gasteiger partial charge in [0.15, 0.2) is 5.96 Å². The first-order valence-electron chi connectivity index (χ1n) is 10.2. The lowest BCUT2D eigenvalue weighted by atomic mass is 10.1. The number of guanidine groups is 1. The van der Waals surface area contributed by atoms with Gasteiger partial charge in [0.2, 0.25) is 5.89 Å². The number of benzene rings is 1. The van der Waals surface area contributed by atoms with E-state index in [9.17, 15) is 0 Å². The van der Waals surface area contributed by atoms with Gasteiger partial charge in [-0.1, -0.05) is 22.9 Å². The van der Waals surface area contributed by atoms with Crippen LogP contribution >= 0.6 is 24.0 Å². The summed E-state index contributed by atoms with van der Waals surface area (Å²) in [5, 5.41) is 7.49. The molecule has 0 unspecified atom stereocenters. The molecule has 4 rings (SSSR count). The molecule has 0 spiro atoms. The van der Waals surface area contributed by atoms with Gasteiger partial charge in [-0.2, -0.15) is 0 Å². The molecule has 0 saturated carbocycles. The highest BCUT2D eigenvalue weighted by Gasteiger charge is 2.20. The van der Waals surface area contributed by atoms with E-state index in [0.717, 1.165) is 61.4 Å². The topological polar surface area (TPSA) is 82.9 Å². The fourth-order valence-electron chi connectivity index (χ4n) is 3.56. The molecule has 1 N–H and O–H groups in total. The number of aromatic nitrogens is 2. The van der Waals surface area contributed by atoms with Crippen molar-refractivity contribution in [2.45, 2.75) is 26.9 Å². The van der Waals surface area contributed by atoms with Gasteiger partial charge in [0, 0.05) is 51.4 Å². The van der Waals surface area contributed by atoms with E-state index in [1.807, 2.05) is 32.2 Å². The van der Waals surface area contributed by atoms with Gasteiger partial charge in [-0.05, 0) is 26.0 Å². The Balaban J connectivity index is 0.00000272. The number of oxazole rings is 1. The quantitative estimate of drug-likeness (QED) is 0.304. The number of hydrogen-bond donors (Lipinski definition) is 1. The Morgan fingerprint density at radius 1 is 1.10 bits per heavy atom. The standard InChI is InChI=1S/C22H28N6O2.HI/c1-16-4-6-18(7-5-16)21-25-20(15-29-21)13-24-22(23-3)28-10-8-27(9-11-28)14-19-12-17(2)30-26-19;/h4-7,12,15H,8-11,13-14H2,1-3H3,(H,23,24);1H. The van der Waals surface area contributed by atoms with Crippen LogP contribution in [-0.4, -0.2) is 59.1 Å². The van der Waals surface area contributed by atoms with Crippen LogP contribution in [0, 0.1) is 13.8 Å². The lowest BCUT2D eigenvalue weighted by Crippen LogP contribution is -2.52. The number of nitrogens with one attached hydrogen (secondary N) is 1.